The van der Waals surface area contributed by atoms with Crippen molar-refractivity contribution in [1.82, 2.24) is 9.97 Å². The van der Waals surface area contributed by atoms with Crippen molar-refractivity contribution < 1.29 is 49.1 Å². The van der Waals surface area contributed by atoms with Crippen LogP contribution < -0.4 is 61.4 Å². The third-order valence-corrected chi connectivity index (χ3v) is 13.4. The van der Waals surface area contributed by atoms with Gasteiger partial charge in [0.15, 0.2) is 31.8 Å². The van der Waals surface area contributed by atoms with Gasteiger partial charge in [-0.1, -0.05) is 141 Å². The van der Waals surface area contributed by atoms with Gasteiger partial charge in [-0.3, -0.25) is 9.97 Å². The fraction of sp³-hybridized carbons (Fsp3) is 0. The number of pyridine rings is 2. The molecule has 7 aromatic carbocycles. The molecule has 0 aliphatic carbocycles. The van der Waals surface area contributed by atoms with Crippen LogP contribution in [-0.4, -0.2) is 9.97 Å². The van der Waals surface area contributed by atoms with E-state index in [0.29, 0.717) is 0 Å². The summed E-state index contributed by atoms with van der Waals surface area (Å²) in [5, 5.41) is 5.21. The first-order chi connectivity index (χ1) is 30.0. The fourth-order valence-electron chi connectivity index (χ4n) is 5.77. The van der Waals surface area contributed by atoms with Gasteiger partial charge in [0.2, 0.25) is 0 Å². The van der Waals surface area contributed by atoms with Gasteiger partial charge in [0.1, 0.15) is 5.82 Å². The van der Waals surface area contributed by atoms with E-state index >= 15 is 0 Å². The average Bonchev–Trinajstić information content (AvgIpc) is 3.36. The van der Waals surface area contributed by atoms with Crippen LogP contribution in [-0.2, 0) is 13.7 Å². The van der Waals surface area contributed by atoms with E-state index < -0.39 is 23.4 Å². The molecule has 298 valence electrons. The second kappa shape index (κ2) is 25.8. The van der Waals surface area contributed by atoms with Gasteiger partial charge >= 0.3 is 53.0 Å². The normalized spacial score (nSPS) is 10.0. The van der Waals surface area contributed by atoms with Crippen LogP contribution in [0.5, 0.6) is 0 Å². The van der Waals surface area contributed by atoms with Gasteiger partial charge < -0.3 is 1.43 Å². The Balaban J connectivity index is 0.000000185. The number of rotatable bonds is 8. The third kappa shape index (κ3) is 14.6. The van der Waals surface area contributed by atoms with E-state index in [2.05, 4.69) is 9.97 Å². The van der Waals surface area contributed by atoms with E-state index in [1.165, 1.54) is 12.1 Å². The van der Waals surface area contributed by atoms with Gasteiger partial charge in [-0.05, 0) is 103 Å². The molecule has 0 fully saturated rings. The Kier molecular flexibility index (Phi) is 19.6. The molecule has 5 nitrogen and oxygen atoms in total. The van der Waals surface area contributed by atoms with Gasteiger partial charge in [-0.25, -0.2) is 4.39 Å². The summed E-state index contributed by atoms with van der Waals surface area (Å²) in [6.45, 7) is 0. The SMILES string of the molecule is Fc1cccc(-c2ccccn2)c1.O=[P+](c1ccccc1)c1cccc(-c2ccccn2)c1.O=[P+](c1ccccc1)c1ccccc1.O=[P+](c1ccccc1)c1ccccc1.[H-].[Na+]. The van der Waals surface area contributed by atoms with Gasteiger partial charge in [-0.2, -0.15) is 0 Å². The minimum Gasteiger partial charge on any atom is -1.00 e. The number of nitrogens with zero attached hydrogens (tertiary/aromatic N) is 2. The summed E-state index contributed by atoms with van der Waals surface area (Å²) in [6, 6.07) is 73.2. The maximum atomic E-state index is 12.8. The van der Waals surface area contributed by atoms with Gasteiger partial charge in [0.05, 0.1) is 11.4 Å². The molecule has 1 atom stereocenters. The fourth-order valence-corrected chi connectivity index (χ4v) is 9.36. The van der Waals surface area contributed by atoms with Crippen LogP contribution in [0.15, 0.2) is 249 Å². The quantitative estimate of drug-likeness (QED) is 0.113. The topological polar surface area (TPSA) is 77.0 Å². The first kappa shape index (κ1) is 47.1. The first-order valence-corrected chi connectivity index (χ1v) is 23.1. The Morgan fingerprint density at radius 3 is 0.935 bits per heavy atom. The summed E-state index contributed by atoms with van der Waals surface area (Å²) in [7, 11) is -4.40. The molecule has 0 radical (unpaired) electrons. The largest absolute Gasteiger partial charge is 1.00 e. The van der Waals surface area contributed by atoms with Crippen LogP contribution in [0, 0.1) is 5.82 Å². The second-order valence-electron chi connectivity index (χ2n) is 13.1. The average molecular weight is 878 g/mol. The molecule has 10 heteroatoms. The Bertz CT molecular complexity index is 2580. The van der Waals surface area contributed by atoms with E-state index in [1.807, 2.05) is 218 Å². The predicted octanol–water partition coefficient (Wildman–Crippen LogP) is 8.46. The predicted molar refractivity (Wildman–Crippen MR) is 253 cm³/mol. The number of hydrogen-bond donors (Lipinski definition) is 0. The summed E-state index contributed by atoms with van der Waals surface area (Å²) < 4.78 is 49.4. The molecular formula is C52H42FN2NaO3P3+3. The van der Waals surface area contributed by atoms with Crippen molar-refractivity contribution in [3.63, 3.8) is 0 Å². The summed E-state index contributed by atoms with van der Waals surface area (Å²) in [6.07, 6.45) is 3.46. The van der Waals surface area contributed by atoms with E-state index in [1.54, 1.807) is 18.5 Å². The van der Waals surface area contributed by atoms with E-state index in [4.69, 9.17) is 0 Å². The Morgan fingerprint density at radius 2 is 0.613 bits per heavy atom. The maximum Gasteiger partial charge on any atom is 1.00 e. The minimum absolute atomic E-state index is 0. The number of benzene rings is 7. The molecule has 0 amide bonds. The van der Waals surface area contributed by atoms with Crippen LogP contribution in [0.3, 0.4) is 0 Å². The molecule has 2 heterocycles. The van der Waals surface area contributed by atoms with Crippen LogP contribution in [0.25, 0.3) is 22.5 Å². The van der Waals surface area contributed by atoms with E-state index in [-0.39, 0.29) is 36.8 Å². The van der Waals surface area contributed by atoms with Crippen LogP contribution >= 0.6 is 23.4 Å². The van der Waals surface area contributed by atoms with Crippen molar-refractivity contribution in [2.75, 3.05) is 0 Å². The summed E-state index contributed by atoms with van der Waals surface area (Å²) in [5.41, 5.74) is 3.48. The molecule has 0 aliphatic rings. The zero-order chi connectivity index (χ0) is 42.5. The van der Waals surface area contributed by atoms with Crippen molar-refractivity contribution in [2.45, 2.75) is 0 Å². The third-order valence-electron chi connectivity index (χ3n) is 8.78. The molecule has 0 saturated carbocycles. The number of hydrogen-bond acceptors (Lipinski definition) is 5. The minimum atomic E-state index is -1.56. The van der Waals surface area contributed by atoms with Crippen molar-refractivity contribution >= 4 is 55.2 Å². The van der Waals surface area contributed by atoms with Crippen molar-refractivity contribution in [3.05, 3.63) is 255 Å². The summed E-state index contributed by atoms with van der Waals surface area (Å²) in [4.78, 5) is 8.45. The smallest absolute Gasteiger partial charge is 1.00 e. The Morgan fingerprint density at radius 1 is 0.323 bits per heavy atom. The van der Waals surface area contributed by atoms with Crippen LogP contribution in [0.1, 0.15) is 1.43 Å². The van der Waals surface area contributed by atoms with Crippen molar-refractivity contribution in [2.24, 2.45) is 0 Å². The Labute approximate surface area is 389 Å². The van der Waals surface area contributed by atoms with Gasteiger partial charge in [-0.15, -0.1) is 0 Å². The molecule has 9 rings (SSSR count). The maximum absolute atomic E-state index is 12.8. The number of aromatic nitrogens is 2. The Hall–Kier alpha value is -5.93. The summed E-state index contributed by atoms with van der Waals surface area (Å²) in [5.74, 6) is -0.233. The molecule has 62 heavy (non-hydrogen) atoms. The molecule has 0 spiro atoms. The molecular weight excluding hydrogens is 835 g/mol. The van der Waals surface area contributed by atoms with E-state index in [0.717, 1.165) is 54.3 Å². The first-order valence-electron chi connectivity index (χ1n) is 19.3. The summed E-state index contributed by atoms with van der Waals surface area (Å²) >= 11 is 0. The zero-order valence-corrected chi connectivity index (χ0v) is 38.7. The van der Waals surface area contributed by atoms with Crippen molar-refractivity contribution in [3.8, 4) is 22.5 Å². The molecule has 0 N–H and O–H groups in total. The van der Waals surface area contributed by atoms with Crippen molar-refractivity contribution in [1.29, 1.82) is 0 Å². The second-order valence-corrected chi connectivity index (χ2v) is 17.9. The molecule has 9 aromatic rings. The molecule has 2 aromatic heterocycles. The molecule has 0 bridgehead atoms. The molecule has 1 unspecified atom stereocenters. The monoisotopic (exact) mass is 877 g/mol. The van der Waals surface area contributed by atoms with E-state index in [9.17, 15) is 18.1 Å². The van der Waals surface area contributed by atoms with Crippen LogP contribution in [0.4, 0.5) is 4.39 Å². The zero-order valence-electron chi connectivity index (χ0n) is 35.0. The van der Waals surface area contributed by atoms with Gasteiger partial charge in [0.25, 0.3) is 0 Å². The molecule has 0 aliphatic heterocycles. The number of halogens is 1. The molecule has 0 saturated heterocycles. The van der Waals surface area contributed by atoms with Gasteiger partial charge in [0, 0.05) is 29.6 Å². The standard InChI is InChI=1S/C17H13NOP.2C12H10OP.C11H8FN.Na.H/c19-20(15-8-2-1-3-9-15)16-10-6-7-14(13-16)17-11-4-5-12-18-17;2*13-14(11-7-3-1-4-8-11)12-9-5-2-6-10-12;12-10-5-3-4-9(8-10)11-6-1-2-7-13-11;;/h1-13H;2*1-10H;1-8H;;/q3*+1;;+1;-1. The van der Waals surface area contributed by atoms with Crippen LogP contribution in [0.2, 0.25) is 0 Å².